The van der Waals surface area contributed by atoms with Gasteiger partial charge in [0.1, 0.15) is 4.90 Å². The molecule has 0 spiro atoms. The van der Waals surface area contributed by atoms with E-state index in [1.54, 1.807) is 18.2 Å². The van der Waals surface area contributed by atoms with Gasteiger partial charge in [0.25, 0.3) is 10.0 Å². The summed E-state index contributed by atoms with van der Waals surface area (Å²) in [7, 11) is -3.63. The second kappa shape index (κ2) is 4.65. The molecule has 7 nitrogen and oxygen atoms in total. The number of carboxylic acid groups (broad SMARTS) is 1. The van der Waals surface area contributed by atoms with Crippen molar-refractivity contribution in [3.63, 3.8) is 0 Å². The molecule has 0 aliphatic carbocycles. The quantitative estimate of drug-likeness (QED) is 0.727. The molecule has 0 atom stereocenters. The fourth-order valence-corrected chi connectivity index (χ4v) is 2.62. The summed E-state index contributed by atoms with van der Waals surface area (Å²) in [5.74, 6) is -0.951. The number of benzene rings is 1. The Kier molecular flexibility index (Phi) is 3.19. The summed E-state index contributed by atoms with van der Waals surface area (Å²) < 4.78 is 25.9. The number of nitrogens with zero attached hydrogens (tertiary/aromatic N) is 1. The van der Waals surface area contributed by atoms with Gasteiger partial charge in [-0.3, -0.25) is 9.79 Å². The number of rotatable bonds is 3. The minimum Gasteiger partial charge on any atom is -0.481 e. The first kappa shape index (κ1) is 12.4. The van der Waals surface area contributed by atoms with E-state index in [0.717, 1.165) is 0 Å². The molecular formula is C10H11N3O4S. The maximum atomic E-state index is 11.8. The van der Waals surface area contributed by atoms with Gasteiger partial charge in [-0.2, -0.15) is 0 Å². The third-order valence-electron chi connectivity index (χ3n) is 2.26. The Bertz CT molecular complexity index is 609. The first-order valence-corrected chi connectivity index (χ1v) is 6.62. The zero-order valence-electron chi connectivity index (χ0n) is 9.25. The third kappa shape index (κ3) is 2.59. The molecule has 0 unspecified atom stereocenters. The first-order valence-electron chi connectivity index (χ1n) is 5.14. The Hall–Kier alpha value is -2.09. The second-order valence-electron chi connectivity index (χ2n) is 3.60. The summed E-state index contributed by atoms with van der Waals surface area (Å²) >= 11 is 0. The number of hydrogen-bond donors (Lipinski definition) is 3. The summed E-state index contributed by atoms with van der Waals surface area (Å²) in [6.07, 6.45) is -0.158. The summed E-state index contributed by atoms with van der Waals surface area (Å²) in [6.45, 7) is 0.00233. The van der Waals surface area contributed by atoms with Crippen LogP contribution >= 0.6 is 0 Å². The van der Waals surface area contributed by atoms with Crippen LogP contribution in [0.5, 0.6) is 0 Å². The van der Waals surface area contributed by atoms with E-state index in [0.29, 0.717) is 5.69 Å². The molecule has 0 saturated heterocycles. The fraction of sp³-hybridized carbons (Fsp3) is 0.200. The normalized spacial score (nSPS) is 18.6. The lowest BCUT2D eigenvalue weighted by Crippen LogP contribution is -2.40. The molecule has 0 saturated carbocycles. The molecular weight excluding hydrogens is 258 g/mol. The van der Waals surface area contributed by atoms with E-state index in [-0.39, 0.29) is 23.8 Å². The largest absolute Gasteiger partial charge is 0.481 e. The van der Waals surface area contributed by atoms with Gasteiger partial charge in [0.15, 0.2) is 0 Å². The highest BCUT2D eigenvalue weighted by atomic mass is 32.2. The maximum Gasteiger partial charge on any atom is 0.305 e. The van der Waals surface area contributed by atoms with E-state index in [2.05, 4.69) is 15.0 Å². The van der Waals surface area contributed by atoms with Gasteiger partial charge in [-0.05, 0) is 12.1 Å². The zero-order valence-corrected chi connectivity index (χ0v) is 10.1. The van der Waals surface area contributed by atoms with Gasteiger partial charge in [0.05, 0.1) is 18.7 Å². The van der Waals surface area contributed by atoms with Crippen molar-refractivity contribution in [2.75, 3.05) is 11.9 Å². The van der Waals surface area contributed by atoms with Crippen molar-refractivity contribution < 1.29 is 18.3 Å². The van der Waals surface area contributed by atoms with Crippen molar-refractivity contribution >= 4 is 27.6 Å². The van der Waals surface area contributed by atoms with Gasteiger partial charge in [-0.15, -0.1) is 0 Å². The smallest absolute Gasteiger partial charge is 0.305 e. The summed E-state index contributed by atoms with van der Waals surface area (Å²) in [5.41, 5.74) is 0.422. The molecule has 18 heavy (non-hydrogen) atoms. The van der Waals surface area contributed by atoms with Gasteiger partial charge in [-0.25, -0.2) is 13.1 Å². The number of carbonyl (C=O) groups is 1. The van der Waals surface area contributed by atoms with Crippen LogP contribution in [0, 0.1) is 0 Å². The first-order chi connectivity index (χ1) is 8.49. The Morgan fingerprint density at radius 1 is 1.33 bits per heavy atom. The fourth-order valence-electron chi connectivity index (χ4n) is 1.47. The van der Waals surface area contributed by atoms with Crippen molar-refractivity contribution in [2.45, 2.75) is 11.3 Å². The number of para-hydroxylation sites is 1. The van der Waals surface area contributed by atoms with Gasteiger partial charge in [-0.1, -0.05) is 12.1 Å². The number of guanidine groups is 1. The van der Waals surface area contributed by atoms with Gasteiger partial charge >= 0.3 is 5.97 Å². The Morgan fingerprint density at radius 3 is 2.78 bits per heavy atom. The van der Waals surface area contributed by atoms with Gasteiger partial charge in [0.2, 0.25) is 5.96 Å². The van der Waals surface area contributed by atoms with Crippen molar-refractivity contribution in [3.8, 4) is 0 Å². The van der Waals surface area contributed by atoms with Crippen LogP contribution in [-0.4, -0.2) is 32.0 Å². The van der Waals surface area contributed by atoms with Crippen molar-refractivity contribution in [2.24, 2.45) is 4.99 Å². The van der Waals surface area contributed by atoms with Crippen LogP contribution in [0.4, 0.5) is 5.69 Å². The Labute approximate surface area is 104 Å². The molecule has 0 aromatic heterocycles. The standard InChI is InChI=1S/C10H11N3O4S/c14-9(15)5-6-11-10-12-7-3-1-2-4-8(7)18(16,17)13-10/h1-4H,5-6H2,(H,14,15)(H2,11,12,13). The SMILES string of the molecule is O=C(O)CCN=C1Nc2ccccc2S(=O)(=O)N1. The molecule has 1 aromatic rings. The van der Waals surface area contributed by atoms with Crippen LogP contribution in [0.3, 0.4) is 0 Å². The topological polar surface area (TPSA) is 108 Å². The summed E-state index contributed by atoms with van der Waals surface area (Å²) in [6, 6.07) is 6.40. The minimum atomic E-state index is -3.63. The molecule has 1 heterocycles. The predicted octanol–water partition coefficient (Wildman–Crippen LogP) is 0.221. The number of sulfonamides is 1. The summed E-state index contributed by atoms with van der Waals surface area (Å²) in [4.78, 5) is 14.3. The van der Waals surface area contributed by atoms with Gasteiger partial charge < -0.3 is 10.4 Å². The lowest BCUT2D eigenvalue weighted by atomic mass is 10.3. The number of nitrogens with one attached hydrogen (secondary N) is 2. The third-order valence-corrected chi connectivity index (χ3v) is 3.65. The summed E-state index contributed by atoms with van der Waals surface area (Å²) in [5, 5.41) is 11.3. The van der Waals surface area contributed by atoms with E-state index < -0.39 is 16.0 Å². The highest BCUT2D eigenvalue weighted by Gasteiger charge is 2.25. The van der Waals surface area contributed by atoms with Crippen LogP contribution in [-0.2, 0) is 14.8 Å². The molecule has 1 aromatic carbocycles. The van der Waals surface area contributed by atoms with Crippen LogP contribution in [0.15, 0.2) is 34.2 Å². The van der Waals surface area contributed by atoms with E-state index in [4.69, 9.17) is 5.11 Å². The van der Waals surface area contributed by atoms with Gasteiger partial charge in [0, 0.05) is 0 Å². The minimum absolute atomic E-state index is 0.00233. The average Bonchev–Trinajstić information content (AvgIpc) is 2.27. The number of hydrogen-bond acceptors (Lipinski definition) is 4. The van der Waals surface area contributed by atoms with Crippen molar-refractivity contribution in [1.29, 1.82) is 0 Å². The molecule has 8 heteroatoms. The average molecular weight is 269 g/mol. The number of fused-ring (bicyclic) bond motifs is 1. The molecule has 1 aliphatic heterocycles. The molecule has 2 rings (SSSR count). The molecule has 1 aliphatic rings. The Balaban J connectivity index is 2.24. The lowest BCUT2D eigenvalue weighted by Gasteiger charge is -2.21. The molecule has 0 radical (unpaired) electrons. The molecule has 0 bridgehead atoms. The predicted molar refractivity (Wildman–Crippen MR) is 64.9 cm³/mol. The number of anilines is 1. The van der Waals surface area contributed by atoms with Crippen LogP contribution in [0.25, 0.3) is 0 Å². The highest BCUT2D eigenvalue weighted by molar-refractivity contribution is 7.90. The number of aliphatic carboxylic acids is 1. The monoisotopic (exact) mass is 269 g/mol. The molecule has 3 N–H and O–H groups in total. The zero-order chi connectivity index (χ0) is 13.2. The van der Waals surface area contributed by atoms with E-state index in [1.807, 2.05) is 0 Å². The van der Waals surface area contributed by atoms with E-state index >= 15 is 0 Å². The number of carboxylic acids is 1. The van der Waals surface area contributed by atoms with Crippen molar-refractivity contribution in [3.05, 3.63) is 24.3 Å². The maximum absolute atomic E-state index is 11.8. The second-order valence-corrected chi connectivity index (χ2v) is 5.25. The molecule has 0 amide bonds. The molecule has 96 valence electrons. The van der Waals surface area contributed by atoms with Crippen LogP contribution in [0.1, 0.15) is 6.42 Å². The van der Waals surface area contributed by atoms with E-state index in [9.17, 15) is 13.2 Å². The van der Waals surface area contributed by atoms with Crippen LogP contribution < -0.4 is 10.0 Å². The highest BCUT2D eigenvalue weighted by Crippen LogP contribution is 2.23. The van der Waals surface area contributed by atoms with E-state index in [1.165, 1.54) is 6.07 Å². The molecule has 0 fully saturated rings. The van der Waals surface area contributed by atoms with Crippen LogP contribution in [0.2, 0.25) is 0 Å². The van der Waals surface area contributed by atoms with Crippen molar-refractivity contribution in [1.82, 2.24) is 4.72 Å². The number of aliphatic imine (C=N–C) groups is 1. The Morgan fingerprint density at radius 2 is 2.06 bits per heavy atom. The lowest BCUT2D eigenvalue weighted by molar-refractivity contribution is -0.136.